The van der Waals surface area contributed by atoms with Gasteiger partial charge in [0.05, 0.1) is 24.1 Å². The molecular formula is C22H27N5O. The molecule has 0 saturated carbocycles. The molecule has 3 aromatic rings. The lowest BCUT2D eigenvalue weighted by Crippen LogP contribution is -2.56. The number of imidazole rings is 1. The van der Waals surface area contributed by atoms with E-state index in [0.717, 1.165) is 69.0 Å². The second kappa shape index (κ2) is 7.18. The number of H-pyrrole nitrogens is 1. The molecular weight excluding hydrogens is 350 g/mol. The Kier molecular flexibility index (Phi) is 4.53. The standard InChI is InChI=1S/C22H27N5O/c1-2-27-11-8-19-21(24-16-23-19)22(27)9-12-26(13-10-22)15-18-14-20(25-28-18)17-6-4-3-5-7-17/h3-7,14,16H,2,8-13,15H2,1H3,(H,23,24). The summed E-state index contributed by atoms with van der Waals surface area (Å²) in [6.45, 7) is 7.37. The van der Waals surface area contributed by atoms with E-state index in [1.54, 1.807) is 0 Å². The van der Waals surface area contributed by atoms with Crippen molar-refractivity contribution in [2.45, 2.75) is 38.3 Å². The van der Waals surface area contributed by atoms with Crippen molar-refractivity contribution in [3.05, 3.63) is 59.9 Å². The molecule has 1 saturated heterocycles. The van der Waals surface area contributed by atoms with Crippen LogP contribution in [0.2, 0.25) is 0 Å². The minimum absolute atomic E-state index is 0.0927. The Labute approximate surface area is 165 Å². The molecule has 28 heavy (non-hydrogen) atoms. The summed E-state index contributed by atoms with van der Waals surface area (Å²) in [6.07, 6.45) is 5.17. The van der Waals surface area contributed by atoms with E-state index in [2.05, 4.69) is 45.1 Å². The van der Waals surface area contributed by atoms with Gasteiger partial charge in [-0.2, -0.15) is 0 Å². The lowest BCUT2D eigenvalue weighted by atomic mass is 9.78. The largest absolute Gasteiger partial charge is 0.359 e. The maximum absolute atomic E-state index is 5.63. The number of piperidine rings is 1. The van der Waals surface area contributed by atoms with Gasteiger partial charge in [-0.05, 0) is 19.4 Å². The van der Waals surface area contributed by atoms with Crippen molar-refractivity contribution in [1.82, 2.24) is 24.9 Å². The number of hydrogen-bond acceptors (Lipinski definition) is 5. The molecule has 1 N–H and O–H groups in total. The fraction of sp³-hybridized carbons (Fsp3) is 0.455. The quantitative estimate of drug-likeness (QED) is 0.755. The van der Waals surface area contributed by atoms with E-state index in [9.17, 15) is 0 Å². The van der Waals surface area contributed by atoms with Crippen molar-refractivity contribution in [3.8, 4) is 11.3 Å². The molecule has 4 heterocycles. The predicted molar refractivity (Wildman–Crippen MR) is 108 cm³/mol. The monoisotopic (exact) mass is 377 g/mol. The Morgan fingerprint density at radius 2 is 1.96 bits per heavy atom. The molecule has 0 bridgehead atoms. The summed E-state index contributed by atoms with van der Waals surface area (Å²) in [5, 5.41) is 4.26. The molecule has 2 aromatic heterocycles. The SMILES string of the molecule is CCN1CCc2[nH]cnc2C12CCN(Cc1cc(-c3ccccc3)no1)CC2. The lowest BCUT2D eigenvalue weighted by molar-refractivity contribution is 0.00517. The molecule has 5 rings (SSSR count). The van der Waals surface area contributed by atoms with E-state index in [-0.39, 0.29) is 5.54 Å². The molecule has 0 unspecified atom stereocenters. The molecule has 6 heteroatoms. The van der Waals surface area contributed by atoms with Crippen LogP contribution >= 0.6 is 0 Å². The first-order valence-corrected chi connectivity index (χ1v) is 10.3. The number of aromatic nitrogens is 3. The maximum Gasteiger partial charge on any atom is 0.151 e. The first kappa shape index (κ1) is 17.6. The zero-order valence-corrected chi connectivity index (χ0v) is 16.4. The van der Waals surface area contributed by atoms with E-state index >= 15 is 0 Å². The number of likely N-dealkylation sites (N-methyl/N-ethyl adjacent to an activating group) is 1. The first-order chi connectivity index (χ1) is 13.8. The number of fused-ring (bicyclic) bond motifs is 2. The van der Waals surface area contributed by atoms with Gasteiger partial charge < -0.3 is 9.51 Å². The van der Waals surface area contributed by atoms with Crippen LogP contribution in [0.25, 0.3) is 11.3 Å². The third-order valence-electron chi connectivity index (χ3n) is 6.47. The van der Waals surface area contributed by atoms with Gasteiger partial charge in [0.1, 0.15) is 5.69 Å². The van der Waals surface area contributed by atoms with Crippen molar-refractivity contribution < 1.29 is 4.52 Å². The summed E-state index contributed by atoms with van der Waals surface area (Å²) in [4.78, 5) is 13.2. The van der Waals surface area contributed by atoms with Crippen LogP contribution in [0.5, 0.6) is 0 Å². The zero-order chi connectivity index (χ0) is 19.0. The van der Waals surface area contributed by atoms with Crippen molar-refractivity contribution in [1.29, 1.82) is 0 Å². The first-order valence-electron chi connectivity index (χ1n) is 10.3. The molecule has 0 aliphatic carbocycles. The van der Waals surface area contributed by atoms with E-state index in [0.29, 0.717) is 0 Å². The summed E-state index contributed by atoms with van der Waals surface area (Å²) in [7, 11) is 0. The van der Waals surface area contributed by atoms with Crippen molar-refractivity contribution >= 4 is 0 Å². The highest BCUT2D eigenvalue weighted by molar-refractivity contribution is 5.58. The van der Waals surface area contributed by atoms with Crippen molar-refractivity contribution in [3.63, 3.8) is 0 Å². The zero-order valence-electron chi connectivity index (χ0n) is 16.4. The Bertz CT molecular complexity index is 923. The molecule has 0 radical (unpaired) electrons. The van der Waals surface area contributed by atoms with Crippen LogP contribution in [0, 0.1) is 0 Å². The van der Waals surface area contributed by atoms with Gasteiger partial charge in [-0.25, -0.2) is 4.98 Å². The van der Waals surface area contributed by atoms with Crippen LogP contribution in [0.15, 0.2) is 47.2 Å². The van der Waals surface area contributed by atoms with Gasteiger partial charge in [-0.3, -0.25) is 9.80 Å². The molecule has 6 nitrogen and oxygen atoms in total. The normalized spacial score (nSPS) is 19.8. The summed E-state index contributed by atoms with van der Waals surface area (Å²) in [5.74, 6) is 0.936. The van der Waals surface area contributed by atoms with Gasteiger partial charge in [0.15, 0.2) is 5.76 Å². The number of likely N-dealkylation sites (tertiary alicyclic amines) is 1. The van der Waals surface area contributed by atoms with Gasteiger partial charge in [0.2, 0.25) is 0 Å². The van der Waals surface area contributed by atoms with Gasteiger partial charge in [-0.15, -0.1) is 0 Å². The average molecular weight is 377 g/mol. The van der Waals surface area contributed by atoms with Gasteiger partial charge in [0, 0.05) is 43.4 Å². The second-order valence-corrected chi connectivity index (χ2v) is 7.91. The molecule has 0 atom stereocenters. The van der Waals surface area contributed by atoms with E-state index < -0.39 is 0 Å². The van der Waals surface area contributed by atoms with Crippen LogP contribution in [0.1, 0.15) is 36.9 Å². The molecule has 0 amide bonds. The Hall–Kier alpha value is -2.44. The minimum Gasteiger partial charge on any atom is -0.359 e. The Balaban J connectivity index is 1.29. The highest BCUT2D eigenvalue weighted by Gasteiger charge is 2.45. The molecule has 1 fully saturated rings. The lowest BCUT2D eigenvalue weighted by Gasteiger charge is -2.50. The van der Waals surface area contributed by atoms with Crippen LogP contribution < -0.4 is 0 Å². The van der Waals surface area contributed by atoms with E-state index in [4.69, 9.17) is 9.51 Å². The fourth-order valence-electron chi connectivity index (χ4n) is 4.97. The fourth-order valence-corrected chi connectivity index (χ4v) is 4.97. The Morgan fingerprint density at radius 3 is 2.75 bits per heavy atom. The summed E-state index contributed by atoms with van der Waals surface area (Å²) in [6, 6.07) is 12.3. The van der Waals surface area contributed by atoms with Crippen LogP contribution in [-0.4, -0.2) is 51.1 Å². The number of rotatable bonds is 4. The number of aromatic amines is 1. The molecule has 146 valence electrons. The number of nitrogens with one attached hydrogen (secondary N) is 1. The molecule has 1 spiro atoms. The number of nitrogens with zero attached hydrogens (tertiary/aromatic N) is 4. The maximum atomic E-state index is 5.63. The predicted octanol–water partition coefficient (Wildman–Crippen LogP) is 3.43. The third kappa shape index (κ3) is 2.97. The van der Waals surface area contributed by atoms with Gasteiger partial charge >= 0.3 is 0 Å². The average Bonchev–Trinajstić information content (AvgIpc) is 3.41. The highest BCUT2D eigenvalue weighted by Crippen LogP contribution is 2.42. The van der Waals surface area contributed by atoms with Crippen molar-refractivity contribution in [2.75, 3.05) is 26.2 Å². The Morgan fingerprint density at radius 1 is 1.14 bits per heavy atom. The van der Waals surface area contributed by atoms with Crippen LogP contribution in [0.3, 0.4) is 0 Å². The summed E-state index contributed by atoms with van der Waals surface area (Å²) >= 11 is 0. The van der Waals surface area contributed by atoms with Gasteiger partial charge in [-0.1, -0.05) is 42.4 Å². The molecule has 2 aliphatic heterocycles. The molecule has 1 aromatic carbocycles. The smallest absolute Gasteiger partial charge is 0.151 e. The van der Waals surface area contributed by atoms with Gasteiger partial charge in [0.25, 0.3) is 0 Å². The summed E-state index contributed by atoms with van der Waals surface area (Å²) in [5.41, 5.74) is 4.72. The number of hydrogen-bond donors (Lipinski definition) is 1. The second-order valence-electron chi connectivity index (χ2n) is 7.91. The van der Waals surface area contributed by atoms with E-state index in [1.807, 2.05) is 24.5 Å². The minimum atomic E-state index is 0.0927. The number of benzene rings is 1. The van der Waals surface area contributed by atoms with Crippen molar-refractivity contribution in [2.24, 2.45) is 0 Å². The van der Waals surface area contributed by atoms with Crippen LogP contribution in [-0.2, 0) is 18.5 Å². The van der Waals surface area contributed by atoms with Crippen LogP contribution in [0.4, 0.5) is 0 Å². The third-order valence-corrected chi connectivity index (χ3v) is 6.47. The summed E-state index contributed by atoms with van der Waals surface area (Å²) < 4.78 is 5.63. The van der Waals surface area contributed by atoms with E-state index in [1.165, 1.54) is 11.4 Å². The highest BCUT2D eigenvalue weighted by atomic mass is 16.5. The molecule has 2 aliphatic rings. The topological polar surface area (TPSA) is 61.2 Å².